The molecule has 0 saturated carbocycles. The Morgan fingerprint density at radius 1 is 0.913 bits per heavy atom. The summed E-state index contributed by atoms with van der Waals surface area (Å²) >= 11 is 6.18. The van der Waals surface area contributed by atoms with Gasteiger partial charge in [0.25, 0.3) is 0 Å². The van der Waals surface area contributed by atoms with E-state index in [1.54, 1.807) is 0 Å². The van der Waals surface area contributed by atoms with Crippen molar-refractivity contribution in [2.24, 2.45) is 0 Å². The summed E-state index contributed by atoms with van der Waals surface area (Å²) in [7, 11) is 0. The molecule has 0 aliphatic heterocycles. The van der Waals surface area contributed by atoms with E-state index in [-0.39, 0.29) is 0 Å². The lowest BCUT2D eigenvalue weighted by atomic mass is 9.93. The number of hydrogen-bond acceptors (Lipinski definition) is 0. The summed E-state index contributed by atoms with van der Waals surface area (Å²) in [6.07, 6.45) is 7.07. The van der Waals surface area contributed by atoms with Gasteiger partial charge in [-0.3, -0.25) is 0 Å². The molecule has 0 N–H and O–H groups in total. The van der Waals surface area contributed by atoms with E-state index in [9.17, 15) is 0 Å². The maximum Gasteiger partial charge on any atom is 0.0408 e. The Bertz CT molecular complexity index is 598. The Morgan fingerprint density at radius 3 is 2.30 bits per heavy atom. The predicted molar refractivity (Wildman–Crippen MR) is 103 cm³/mol. The summed E-state index contributed by atoms with van der Waals surface area (Å²) in [4.78, 5) is 0. The molecule has 0 saturated heterocycles. The molecular weight excluding hydrogens is 300 g/mol. The summed E-state index contributed by atoms with van der Waals surface area (Å²) < 4.78 is 0. The zero-order valence-electron chi connectivity index (χ0n) is 14.7. The van der Waals surface area contributed by atoms with Crippen molar-refractivity contribution in [3.05, 3.63) is 69.7 Å². The van der Waals surface area contributed by atoms with Crippen LogP contribution in [-0.2, 0) is 12.8 Å². The maximum absolute atomic E-state index is 6.18. The Kier molecular flexibility index (Phi) is 7.17. The van der Waals surface area contributed by atoms with Gasteiger partial charge in [-0.1, -0.05) is 75.5 Å². The minimum atomic E-state index is 0.657. The lowest BCUT2D eigenvalue weighted by molar-refractivity contribution is 0.664. The molecule has 2 aromatic carbocycles. The molecule has 0 aromatic heterocycles. The quantitative estimate of drug-likeness (QED) is 0.481. The van der Waals surface area contributed by atoms with Gasteiger partial charge in [0.2, 0.25) is 0 Å². The molecule has 0 fully saturated rings. The lowest BCUT2D eigenvalue weighted by Gasteiger charge is -2.13. The van der Waals surface area contributed by atoms with E-state index in [0.717, 1.165) is 17.9 Å². The van der Waals surface area contributed by atoms with Crippen molar-refractivity contribution in [1.29, 1.82) is 0 Å². The Hall–Kier alpha value is -1.27. The highest BCUT2D eigenvalue weighted by Gasteiger charge is 2.07. The number of halogens is 1. The molecule has 0 heterocycles. The molecule has 0 amide bonds. The van der Waals surface area contributed by atoms with Crippen LogP contribution in [0.15, 0.2) is 42.5 Å². The summed E-state index contributed by atoms with van der Waals surface area (Å²) in [6.45, 7) is 6.81. The SMILES string of the molecule is CCCCc1cc(Cl)ccc1Cc1ccc(C(C)CCC)cc1. The zero-order valence-corrected chi connectivity index (χ0v) is 15.5. The first-order valence-electron chi connectivity index (χ1n) is 9.00. The van der Waals surface area contributed by atoms with Crippen LogP contribution in [0.25, 0.3) is 0 Å². The second kappa shape index (κ2) is 9.13. The normalized spacial score (nSPS) is 12.3. The van der Waals surface area contributed by atoms with Crippen molar-refractivity contribution in [1.82, 2.24) is 0 Å². The van der Waals surface area contributed by atoms with Gasteiger partial charge in [0.1, 0.15) is 0 Å². The van der Waals surface area contributed by atoms with Crippen LogP contribution >= 0.6 is 11.6 Å². The smallest absolute Gasteiger partial charge is 0.0408 e. The van der Waals surface area contributed by atoms with Crippen molar-refractivity contribution in [2.45, 2.75) is 65.2 Å². The highest BCUT2D eigenvalue weighted by molar-refractivity contribution is 6.30. The zero-order chi connectivity index (χ0) is 16.7. The first-order valence-corrected chi connectivity index (χ1v) is 9.38. The van der Waals surface area contributed by atoms with Crippen LogP contribution in [0.1, 0.15) is 74.6 Å². The van der Waals surface area contributed by atoms with Crippen molar-refractivity contribution >= 4 is 11.6 Å². The monoisotopic (exact) mass is 328 g/mol. The molecule has 23 heavy (non-hydrogen) atoms. The van der Waals surface area contributed by atoms with Gasteiger partial charge in [-0.2, -0.15) is 0 Å². The van der Waals surface area contributed by atoms with Gasteiger partial charge in [0.05, 0.1) is 0 Å². The molecule has 2 rings (SSSR count). The van der Waals surface area contributed by atoms with Gasteiger partial charge in [-0.05, 0) is 66.0 Å². The van der Waals surface area contributed by atoms with Gasteiger partial charge >= 0.3 is 0 Å². The highest BCUT2D eigenvalue weighted by Crippen LogP contribution is 2.24. The largest absolute Gasteiger partial charge is 0.0843 e. The molecule has 0 aliphatic rings. The molecule has 0 spiro atoms. The minimum absolute atomic E-state index is 0.657. The summed E-state index contributed by atoms with van der Waals surface area (Å²) in [5, 5.41) is 0.851. The fourth-order valence-corrected chi connectivity index (χ4v) is 3.35. The fourth-order valence-electron chi connectivity index (χ4n) is 3.15. The topological polar surface area (TPSA) is 0 Å². The third-order valence-electron chi connectivity index (χ3n) is 4.63. The average molecular weight is 329 g/mol. The predicted octanol–water partition coefficient (Wildman–Crippen LogP) is 7.18. The van der Waals surface area contributed by atoms with Crippen LogP contribution in [0, 0.1) is 0 Å². The molecule has 1 atom stereocenters. The van der Waals surface area contributed by atoms with Gasteiger partial charge in [-0.25, -0.2) is 0 Å². The second-order valence-electron chi connectivity index (χ2n) is 6.62. The molecule has 1 unspecified atom stereocenters. The fraction of sp³-hybridized carbons (Fsp3) is 0.455. The van der Waals surface area contributed by atoms with E-state index < -0.39 is 0 Å². The van der Waals surface area contributed by atoms with Crippen LogP contribution in [-0.4, -0.2) is 0 Å². The second-order valence-corrected chi connectivity index (χ2v) is 7.06. The minimum Gasteiger partial charge on any atom is -0.0843 e. The van der Waals surface area contributed by atoms with Crippen LogP contribution in [0.2, 0.25) is 5.02 Å². The van der Waals surface area contributed by atoms with Crippen LogP contribution in [0.3, 0.4) is 0 Å². The molecule has 0 bridgehead atoms. The number of aryl methyl sites for hydroxylation is 1. The molecule has 124 valence electrons. The lowest BCUT2D eigenvalue weighted by Crippen LogP contribution is -1.98. The summed E-state index contributed by atoms with van der Waals surface area (Å²) in [6, 6.07) is 15.5. The molecule has 2 aromatic rings. The van der Waals surface area contributed by atoms with Gasteiger partial charge in [-0.15, -0.1) is 0 Å². The molecule has 0 nitrogen and oxygen atoms in total. The highest BCUT2D eigenvalue weighted by atomic mass is 35.5. The van der Waals surface area contributed by atoms with E-state index in [4.69, 9.17) is 11.6 Å². The number of rotatable bonds is 8. The van der Waals surface area contributed by atoms with E-state index in [2.05, 4.69) is 57.2 Å². The van der Waals surface area contributed by atoms with Crippen molar-refractivity contribution < 1.29 is 0 Å². The first kappa shape index (κ1) is 18.1. The van der Waals surface area contributed by atoms with Gasteiger partial charge in [0, 0.05) is 5.02 Å². The van der Waals surface area contributed by atoms with Crippen molar-refractivity contribution in [3.63, 3.8) is 0 Å². The molecular formula is C22H29Cl. The van der Waals surface area contributed by atoms with E-state index in [1.807, 2.05) is 6.07 Å². The Morgan fingerprint density at radius 2 is 1.65 bits per heavy atom. The van der Waals surface area contributed by atoms with E-state index in [0.29, 0.717) is 5.92 Å². The standard InChI is InChI=1S/C22H29Cl/c1-4-6-8-20-16-22(23)14-13-21(20)15-18-9-11-19(12-10-18)17(3)7-5-2/h9-14,16-17H,4-8,15H2,1-3H3. The third kappa shape index (κ3) is 5.39. The maximum atomic E-state index is 6.18. The first-order chi connectivity index (χ1) is 11.1. The summed E-state index contributed by atoms with van der Waals surface area (Å²) in [5.74, 6) is 0.657. The van der Waals surface area contributed by atoms with Crippen molar-refractivity contribution in [3.8, 4) is 0 Å². The average Bonchev–Trinajstić information content (AvgIpc) is 2.56. The number of unbranched alkanes of at least 4 members (excludes halogenated alkanes) is 1. The van der Waals surface area contributed by atoms with Crippen molar-refractivity contribution in [2.75, 3.05) is 0 Å². The van der Waals surface area contributed by atoms with Crippen LogP contribution in [0.4, 0.5) is 0 Å². The van der Waals surface area contributed by atoms with Gasteiger partial charge < -0.3 is 0 Å². The van der Waals surface area contributed by atoms with Crippen LogP contribution in [0.5, 0.6) is 0 Å². The Balaban J connectivity index is 2.12. The number of benzene rings is 2. The van der Waals surface area contributed by atoms with Crippen LogP contribution < -0.4 is 0 Å². The summed E-state index contributed by atoms with van der Waals surface area (Å²) in [5.41, 5.74) is 5.66. The van der Waals surface area contributed by atoms with Gasteiger partial charge in [0.15, 0.2) is 0 Å². The third-order valence-corrected chi connectivity index (χ3v) is 4.87. The molecule has 0 aliphatic carbocycles. The van der Waals surface area contributed by atoms with E-state index in [1.165, 1.54) is 47.9 Å². The van der Waals surface area contributed by atoms with E-state index >= 15 is 0 Å². The molecule has 0 radical (unpaired) electrons. The Labute approximate surface area is 146 Å². The number of hydrogen-bond donors (Lipinski definition) is 0. The molecule has 1 heteroatoms.